The third kappa shape index (κ3) is 1.83. The Bertz CT molecular complexity index is 549. The van der Waals surface area contributed by atoms with Crippen LogP contribution in [0.3, 0.4) is 0 Å². The van der Waals surface area contributed by atoms with Gasteiger partial charge in [0.2, 0.25) is 0 Å². The summed E-state index contributed by atoms with van der Waals surface area (Å²) in [6.45, 7) is 3.94. The minimum atomic E-state index is -0.253. The molecule has 0 saturated carbocycles. The fourth-order valence-electron chi connectivity index (χ4n) is 1.25. The van der Waals surface area contributed by atoms with Crippen molar-refractivity contribution in [3.8, 4) is 0 Å². The smallest absolute Gasteiger partial charge is 0.273 e. The lowest BCUT2D eigenvalue weighted by Gasteiger charge is -1.97. The van der Waals surface area contributed by atoms with Crippen molar-refractivity contribution in [2.45, 2.75) is 0 Å². The van der Waals surface area contributed by atoms with Crippen molar-refractivity contribution < 1.29 is 4.79 Å². The molecule has 0 atom stereocenters. The number of hydrogen-bond acceptors (Lipinski definition) is 3. The van der Waals surface area contributed by atoms with Gasteiger partial charge in [-0.25, -0.2) is 9.50 Å². The second-order valence-corrected chi connectivity index (χ2v) is 3.84. The number of hydrogen-bond donors (Lipinski definition) is 1. The molecule has 0 unspecified atom stereocenters. The Hall–Kier alpha value is -1.69. The first-order valence-electron chi connectivity index (χ1n) is 4.62. The van der Waals surface area contributed by atoms with Crippen LogP contribution in [0.2, 0.25) is 0 Å². The molecule has 0 aromatic carbocycles. The van der Waals surface area contributed by atoms with E-state index in [4.69, 9.17) is 0 Å². The van der Waals surface area contributed by atoms with Crippen LogP contribution in [-0.2, 0) is 0 Å². The lowest BCUT2D eigenvalue weighted by Crippen LogP contribution is -2.24. The summed E-state index contributed by atoms with van der Waals surface area (Å²) in [4.78, 5) is 15.8. The van der Waals surface area contributed by atoms with Gasteiger partial charge in [-0.1, -0.05) is 6.08 Å². The fourth-order valence-corrected chi connectivity index (χ4v) is 1.80. The van der Waals surface area contributed by atoms with E-state index < -0.39 is 0 Å². The van der Waals surface area contributed by atoms with Gasteiger partial charge in [0.1, 0.15) is 0 Å². The molecule has 2 rings (SSSR count). The standard InChI is InChI=1S/C10H9BrN4O/c1-2-4-13-10(16)8-7(11)9-12-5-3-6-15(9)14-8/h2-3,5-6H,1,4H2,(H,13,16). The summed E-state index contributed by atoms with van der Waals surface area (Å²) in [6, 6.07) is 1.75. The van der Waals surface area contributed by atoms with E-state index in [9.17, 15) is 4.79 Å². The predicted molar refractivity (Wildman–Crippen MR) is 63.2 cm³/mol. The van der Waals surface area contributed by atoms with Crippen LogP contribution in [0.4, 0.5) is 0 Å². The van der Waals surface area contributed by atoms with E-state index in [-0.39, 0.29) is 5.91 Å². The van der Waals surface area contributed by atoms with Crippen molar-refractivity contribution in [3.63, 3.8) is 0 Å². The highest BCUT2D eigenvalue weighted by Crippen LogP contribution is 2.20. The van der Waals surface area contributed by atoms with E-state index in [0.29, 0.717) is 22.4 Å². The number of amides is 1. The van der Waals surface area contributed by atoms with E-state index in [1.807, 2.05) is 0 Å². The zero-order valence-corrected chi connectivity index (χ0v) is 9.94. The van der Waals surface area contributed by atoms with Crippen LogP contribution >= 0.6 is 15.9 Å². The molecule has 0 aliphatic carbocycles. The summed E-state index contributed by atoms with van der Waals surface area (Å²) in [5.41, 5.74) is 0.937. The molecule has 16 heavy (non-hydrogen) atoms. The molecule has 82 valence electrons. The Kier molecular flexibility index (Phi) is 3.00. The Morgan fingerprint density at radius 3 is 3.19 bits per heavy atom. The number of carbonyl (C=O) groups excluding carboxylic acids is 1. The summed E-state index contributed by atoms with van der Waals surface area (Å²) in [5, 5.41) is 6.79. The lowest BCUT2D eigenvalue weighted by molar-refractivity contribution is 0.0952. The Morgan fingerprint density at radius 1 is 1.69 bits per heavy atom. The maximum atomic E-state index is 11.7. The van der Waals surface area contributed by atoms with Crippen molar-refractivity contribution >= 4 is 27.5 Å². The van der Waals surface area contributed by atoms with Crippen molar-refractivity contribution in [1.29, 1.82) is 0 Å². The quantitative estimate of drug-likeness (QED) is 0.865. The second-order valence-electron chi connectivity index (χ2n) is 3.05. The van der Waals surface area contributed by atoms with Crippen LogP contribution in [0, 0.1) is 0 Å². The normalized spacial score (nSPS) is 10.3. The van der Waals surface area contributed by atoms with Gasteiger partial charge in [-0.15, -0.1) is 6.58 Å². The van der Waals surface area contributed by atoms with Gasteiger partial charge in [-0.05, 0) is 22.0 Å². The first-order chi connectivity index (χ1) is 7.74. The number of nitrogens with one attached hydrogen (secondary N) is 1. The third-order valence-electron chi connectivity index (χ3n) is 1.96. The first kappa shape index (κ1) is 10.8. The predicted octanol–water partition coefficient (Wildman–Crippen LogP) is 1.41. The summed E-state index contributed by atoms with van der Waals surface area (Å²) in [7, 11) is 0. The van der Waals surface area contributed by atoms with Gasteiger partial charge in [0.05, 0.1) is 4.47 Å². The van der Waals surface area contributed by atoms with Crippen molar-refractivity contribution in [2.75, 3.05) is 6.54 Å². The molecule has 0 bridgehead atoms. The lowest BCUT2D eigenvalue weighted by atomic mass is 10.4. The van der Waals surface area contributed by atoms with E-state index in [1.165, 1.54) is 0 Å². The molecule has 2 heterocycles. The third-order valence-corrected chi connectivity index (χ3v) is 2.69. The molecule has 0 aliphatic rings. The number of nitrogens with zero attached hydrogens (tertiary/aromatic N) is 3. The monoisotopic (exact) mass is 280 g/mol. The maximum Gasteiger partial charge on any atom is 0.273 e. The van der Waals surface area contributed by atoms with Gasteiger partial charge in [-0.2, -0.15) is 5.10 Å². The molecule has 2 aromatic rings. The molecule has 0 fully saturated rings. The Balaban J connectivity index is 2.41. The number of aromatic nitrogens is 3. The van der Waals surface area contributed by atoms with Gasteiger partial charge in [0.15, 0.2) is 11.3 Å². The van der Waals surface area contributed by atoms with E-state index >= 15 is 0 Å². The van der Waals surface area contributed by atoms with Gasteiger partial charge >= 0.3 is 0 Å². The molecule has 5 nitrogen and oxygen atoms in total. The van der Waals surface area contributed by atoms with Crippen molar-refractivity contribution in [1.82, 2.24) is 19.9 Å². The van der Waals surface area contributed by atoms with Crippen molar-refractivity contribution in [3.05, 3.63) is 41.3 Å². The number of rotatable bonds is 3. The number of halogens is 1. The Labute approximate surface area is 100 Å². The minimum absolute atomic E-state index is 0.253. The molecule has 0 radical (unpaired) electrons. The molecular formula is C10H9BrN4O. The minimum Gasteiger partial charge on any atom is -0.347 e. The second kappa shape index (κ2) is 4.44. The van der Waals surface area contributed by atoms with Crippen LogP contribution in [0.1, 0.15) is 10.5 Å². The van der Waals surface area contributed by atoms with Gasteiger partial charge in [-0.3, -0.25) is 4.79 Å². The van der Waals surface area contributed by atoms with Gasteiger partial charge in [0, 0.05) is 18.9 Å². The summed E-state index contributed by atoms with van der Waals surface area (Å²) < 4.78 is 2.14. The molecule has 1 N–H and O–H groups in total. The molecule has 0 saturated heterocycles. The molecule has 0 aliphatic heterocycles. The highest BCUT2D eigenvalue weighted by molar-refractivity contribution is 9.10. The zero-order chi connectivity index (χ0) is 11.5. The number of carbonyl (C=O) groups is 1. The molecule has 1 amide bonds. The van der Waals surface area contributed by atoms with Crippen LogP contribution in [-0.4, -0.2) is 27.0 Å². The average molecular weight is 281 g/mol. The van der Waals surface area contributed by atoms with Crippen molar-refractivity contribution in [2.24, 2.45) is 0 Å². The summed E-state index contributed by atoms with van der Waals surface area (Å²) >= 11 is 3.31. The van der Waals surface area contributed by atoms with Crippen LogP contribution in [0.25, 0.3) is 5.65 Å². The highest BCUT2D eigenvalue weighted by Gasteiger charge is 2.17. The topological polar surface area (TPSA) is 59.3 Å². The van der Waals surface area contributed by atoms with Gasteiger partial charge < -0.3 is 5.32 Å². The fraction of sp³-hybridized carbons (Fsp3) is 0.100. The Morgan fingerprint density at radius 2 is 2.50 bits per heavy atom. The molecule has 2 aromatic heterocycles. The van der Waals surface area contributed by atoms with Gasteiger partial charge in [0.25, 0.3) is 5.91 Å². The summed E-state index contributed by atoms with van der Waals surface area (Å²) in [6.07, 6.45) is 4.99. The van der Waals surface area contributed by atoms with E-state index in [2.05, 4.69) is 37.9 Å². The SMILES string of the molecule is C=CCNC(=O)c1nn2cccnc2c1Br. The average Bonchev–Trinajstić information content (AvgIpc) is 2.64. The maximum absolute atomic E-state index is 11.7. The van der Waals surface area contributed by atoms with E-state index in [1.54, 1.807) is 29.1 Å². The molecule has 6 heteroatoms. The molecular weight excluding hydrogens is 272 g/mol. The first-order valence-corrected chi connectivity index (χ1v) is 5.41. The largest absolute Gasteiger partial charge is 0.347 e. The zero-order valence-electron chi connectivity index (χ0n) is 8.35. The highest BCUT2D eigenvalue weighted by atomic mass is 79.9. The van der Waals surface area contributed by atoms with E-state index in [0.717, 1.165) is 0 Å². The van der Waals surface area contributed by atoms with Crippen LogP contribution < -0.4 is 5.32 Å². The van der Waals surface area contributed by atoms with Crippen LogP contribution in [0.5, 0.6) is 0 Å². The summed E-state index contributed by atoms with van der Waals surface area (Å²) in [5.74, 6) is -0.253. The van der Waals surface area contributed by atoms with Crippen LogP contribution in [0.15, 0.2) is 35.6 Å². The molecule has 0 spiro atoms. The number of fused-ring (bicyclic) bond motifs is 1.